The minimum atomic E-state index is -3.39. The van der Waals surface area contributed by atoms with E-state index in [1.165, 1.54) is 0 Å². The Morgan fingerprint density at radius 2 is 1.33 bits per heavy atom. The second-order valence-corrected chi connectivity index (χ2v) is 8.32. The number of hydrogen-bond acceptors (Lipinski definition) is 7. The molecule has 0 aliphatic carbocycles. The molecule has 27 heavy (non-hydrogen) atoms. The summed E-state index contributed by atoms with van der Waals surface area (Å²) in [4.78, 5) is 25.5. The molecule has 0 aliphatic heterocycles. The zero-order chi connectivity index (χ0) is 20.4. The quantitative estimate of drug-likeness (QED) is 0.362. The molecule has 0 saturated carbocycles. The van der Waals surface area contributed by atoms with Crippen LogP contribution in [0.5, 0.6) is 0 Å². The molecule has 1 N–H and O–H groups in total. The third-order valence-corrected chi connectivity index (χ3v) is 5.94. The lowest BCUT2D eigenvalue weighted by atomic mass is 10.3. The first kappa shape index (κ1) is 23.2. The van der Waals surface area contributed by atoms with E-state index in [9.17, 15) is 9.59 Å². The van der Waals surface area contributed by atoms with E-state index in [2.05, 4.69) is 5.09 Å². The van der Waals surface area contributed by atoms with Crippen molar-refractivity contribution in [2.75, 3.05) is 18.3 Å². The van der Waals surface area contributed by atoms with E-state index < -0.39 is 19.4 Å². The summed E-state index contributed by atoms with van der Waals surface area (Å²) < 4.78 is 22.4. The molecule has 1 rings (SSSR count). The van der Waals surface area contributed by atoms with Crippen molar-refractivity contribution in [3.8, 4) is 0 Å². The van der Waals surface area contributed by atoms with Crippen molar-refractivity contribution in [2.24, 2.45) is 0 Å². The van der Waals surface area contributed by atoms with Gasteiger partial charge in [0.25, 0.3) is 0 Å². The molecule has 0 unspecified atom stereocenters. The Morgan fingerprint density at radius 3 is 1.70 bits per heavy atom. The van der Waals surface area contributed by atoms with Crippen LogP contribution in [0, 0.1) is 0 Å². The van der Waals surface area contributed by atoms with Gasteiger partial charge in [0.15, 0.2) is 0 Å². The summed E-state index contributed by atoms with van der Waals surface area (Å²) in [5.74, 6) is -1.62. The van der Waals surface area contributed by atoms with Crippen LogP contribution in [-0.4, -0.2) is 42.7 Å². The smallest absolute Gasteiger partial charge is 0.352 e. The van der Waals surface area contributed by atoms with Crippen molar-refractivity contribution in [3.63, 3.8) is 0 Å². The molecule has 0 amide bonds. The van der Waals surface area contributed by atoms with Gasteiger partial charge in [-0.2, -0.15) is 0 Å². The lowest BCUT2D eigenvalue weighted by Crippen LogP contribution is -2.33. The van der Waals surface area contributed by atoms with Gasteiger partial charge in [0, 0.05) is 5.69 Å². The Kier molecular flexibility index (Phi) is 9.56. The van der Waals surface area contributed by atoms with Crippen LogP contribution in [0.15, 0.2) is 30.3 Å². The highest BCUT2D eigenvalue weighted by atomic mass is 31.2. The number of nitrogens with one attached hydrogen (secondary N) is 1. The van der Waals surface area contributed by atoms with Gasteiger partial charge in [0.2, 0.25) is 12.8 Å². The van der Waals surface area contributed by atoms with Gasteiger partial charge in [-0.15, -0.1) is 0 Å². The fourth-order valence-electron chi connectivity index (χ4n) is 2.24. The molecule has 0 spiro atoms. The third kappa shape index (κ3) is 7.01. The fraction of sp³-hybridized carbons (Fsp3) is 0.526. The van der Waals surface area contributed by atoms with Gasteiger partial charge in [-0.1, -0.05) is 18.2 Å². The van der Waals surface area contributed by atoms with Crippen molar-refractivity contribution in [3.05, 3.63) is 30.3 Å². The maximum Gasteiger partial charge on any atom is 0.352 e. The Hall–Kier alpha value is -1.82. The summed E-state index contributed by atoms with van der Waals surface area (Å²) in [7, 11) is -3.39. The van der Waals surface area contributed by atoms with Crippen LogP contribution in [-0.2, 0) is 28.1 Å². The van der Waals surface area contributed by atoms with Gasteiger partial charge in [-0.05, 0) is 53.7 Å². The lowest BCUT2D eigenvalue weighted by molar-refractivity contribution is -0.140. The molecule has 0 radical (unpaired) electrons. The lowest BCUT2D eigenvalue weighted by Gasteiger charge is -2.32. The van der Waals surface area contributed by atoms with Crippen molar-refractivity contribution < 1.29 is 28.1 Å². The SMILES string of the molecule is CCOC(=O)C(C(=O)OCC)=P(Nc1ccccc1)(OC(C)C)OC(C)C. The van der Waals surface area contributed by atoms with Crippen LogP contribution in [0.2, 0.25) is 0 Å². The summed E-state index contributed by atoms with van der Waals surface area (Å²) in [6.45, 7) is 10.8. The standard InChI is InChI=1S/C19H30NO6P/c1-7-23-18(21)17(19(22)24-8-2)27(25-14(3)4,26-15(5)6)20-16-12-10-9-11-13-16/h9-15,20H,7-8H2,1-6H3. The van der Waals surface area contributed by atoms with Crippen molar-refractivity contribution in [2.45, 2.75) is 53.8 Å². The minimum absolute atomic E-state index is 0.108. The van der Waals surface area contributed by atoms with E-state index in [0.717, 1.165) is 0 Å². The molecule has 0 saturated heterocycles. The maximum atomic E-state index is 12.7. The van der Waals surface area contributed by atoms with E-state index in [-0.39, 0.29) is 30.7 Å². The van der Waals surface area contributed by atoms with Crippen molar-refractivity contribution in [1.82, 2.24) is 0 Å². The van der Waals surface area contributed by atoms with E-state index in [1.807, 2.05) is 18.2 Å². The van der Waals surface area contributed by atoms with E-state index in [4.69, 9.17) is 18.5 Å². The van der Waals surface area contributed by atoms with Crippen molar-refractivity contribution >= 4 is 30.4 Å². The zero-order valence-electron chi connectivity index (χ0n) is 16.9. The first-order valence-corrected chi connectivity index (χ1v) is 10.7. The van der Waals surface area contributed by atoms with Crippen LogP contribution >= 0.6 is 7.49 Å². The Labute approximate surface area is 161 Å². The number of esters is 2. The number of carbonyl (C=O) groups excluding carboxylic acids is 2. The molecule has 0 aromatic heterocycles. The second-order valence-electron chi connectivity index (χ2n) is 6.13. The van der Waals surface area contributed by atoms with Gasteiger partial charge in [0.05, 0.1) is 25.4 Å². The van der Waals surface area contributed by atoms with E-state index in [1.54, 1.807) is 53.7 Å². The number of para-hydroxylation sites is 1. The molecule has 0 atom stereocenters. The first-order valence-electron chi connectivity index (χ1n) is 9.06. The molecular weight excluding hydrogens is 369 g/mol. The Morgan fingerprint density at radius 1 is 0.889 bits per heavy atom. The highest BCUT2D eigenvalue weighted by Crippen LogP contribution is 2.53. The van der Waals surface area contributed by atoms with Gasteiger partial charge in [-0.3, -0.25) is 0 Å². The summed E-state index contributed by atoms with van der Waals surface area (Å²) in [5, 5.41) is 2.88. The molecular formula is C19H30NO6P. The van der Waals surface area contributed by atoms with E-state index >= 15 is 0 Å². The average molecular weight is 399 g/mol. The summed E-state index contributed by atoms with van der Waals surface area (Å²) in [6, 6.07) is 9.12. The predicted octanol–water partition coefficient (Wildman–Crippen LogP) is 4.01. The van der Waals surface area contributed by atoms with Gasteiger partial charge in [0.1, 0.15) is 0 Å². The van der Waals surface area contributed by atoms with Gasteiger partial charge in [-0.25, -0.2) is 9.59 Å². The molecule has 0 fully saturated rings. The van der Waals surface area contributed by atoms with Crippen LogP contribution in [0.1, 0.15) is 41.5 Å². The normalized spacial score (nSPS) is 11.4. The minimum Gasteiger partial charge on any atom is -0.462 e. The maximum absolute atomic E-state index is 12.7. The molecule has 7 nitrogen and oxygen atoms in total. The largest absolute Gasteiger partial charge is 0.462 e. The topological polar surface area (TPSA) is 83.1 Å². The molecule has 1 aromatic carbocycles. The summed E-state index contributed by atoms with van der Waals surface area (Å²) in [6.07, 6.45) is -0.653. The summed E-state index contributed by atoms with van der Waals surface area (Å²) in [5.41, 5.74) is 0.651. The van der Waals surface area contributed by atoms with Gasteiger partial charge >= 0.3 is 11.9 Å². The molecule has 1 aromatic rings. The molecule has 152 valence electrons. The van der Waals surface area contributed by atoms with Gasteiger partial charge < -0.3 is 23.6 Å². The molecule has 0 aliphatic rings. The van der Waals surface area contributed by atoms with Crippen molar-refractivity contribution in [1.29, 1.82) is 0 Å². The number of anilines is 1. The average Bonchev–Trinajstić information content (AvgIpc) is 2.54. The predicted molar refractivity (Wildman–Crippen MR) is 108 cm³/mol. The molecule has 0 bridgehead atoms. The molecule has 8 heteroatoms. The van der Waals surface area contributed by atoms with Crippen LogP contribution in [0.4, 0.5) is 5.69 Å². The van der Waals surface area contributed by atoms with Crippen LogP contribution in [0.3, 0.4) is 0 Å². The Bertz CT molecular complexity index is 638. The second kappa shape index (κ2) is 11.1. The molecule has 0 heterocycles. The number of rotatable bonds is 10. The highest BCUT2D eigenvalue weighted by Gasteiger charge is 2.39. The first-order chi connectivity index (χ1) is 12.8. The highest BCUT2D eigenvalue weighted by molar-refractivity contribution is 7.72. The van der Waals surface area contributed by atoms with E-state index in [0.29, 0.717) is 5.69 Å². The van der Waals surface area contributed by atoms with Crippen LogP contribution < -0.4 is 5.09 Å². The third-order valence-electron chi connectivity index (χ3n) is 3.00. The monoisotopic (exact) mass is 399 g/mol. The Balaban J connectivity index is 3.73. The number of benzene rings is 1. The van der Waals surface area contributed by atoms with Crippen LogP contribution in [0.25, 0.3) is 0 Å². The number of ether oxygens (including phenoxy) is 2. The summed E-state index contributed by atoms with van der Waals surface area (Å²) >= 11 is 0. The fourth-order valence-corrected chi connectivity index (χ4v) is 5.00. The number of carbonyl (C=O) groups is 2. The zero-order valence-corrected chi connectivity index (χ0v) is 17.7. The number of hydrogen-bond donors (Lipinski definition) is 1.